The second kappa shape index (κ2) is 12.3. The Kier molecular flexibility index (Phi) is 10.9. The standard InChI is InChI=1S/C22H39NO6/c1-7-27-20(25)13-23(14-21(26)28-8-2)12-18(24)15-29-19-9-10-22(6,16(3)4)17(5)11-19/h16,18-19,24H,5,7-15H2,1-4,6H3. The summed E-state index contributed by atoms with van der Waals surface area (Å²) in [6.07, 6.45) is 1.94. The summed E-state index contributed by atoms with van der Waals surface area (Å²) in [5.41, 5.74) is 1.33. The molecule has 1 saturated carbocycles. The third-order valence-electron chi connectivity index (χ3n) is 5.85. The number of carbonyl (C=O) groups is 2. The Morgan fingerprint density at radius 2 is 1.76 bits per heavy atom. The molecule has 0 aromatic heterocycles. The zero-order chi connectivity index (χ0) is 22.0. The van der Waals surface area contributed by atoms with Gasteiger partial charge in [-0.3, -0.25) is 14.5 Å². The zero-order valence-corrected chi connectivity index (χ0v) is 18.7. The zero-order valence-electron chi connectivity index (χ0n) is 18.7. The van der Waals surface area contributed by atoms with E-state index in [1.54, 1.807) is 13.8 Å². The van der Waals surface area contributed by atoms with Crippen LogP contribution in [0, 0.1) is 11.3 Å². The van der Waals surface area contributed by atoms with Gasteiger partial charge < -0.3 is 19.3 Å². The van der Waals surface area contributed by atoms with Crippen LogP contribution in [0.15, 0.2) is 12.2 Å². The Morgan fingerprint density at radius 3 is 2.21 bits per heavy atom. The Bertz CT molecular complexity index is 529. The summed E-state index contributed by atoms with van der Waals surface area (Å²) in [7, 11) is 0. The molecule has 7 heteroatoms. The van der Waals surface area contributed by atoms with Crippen LogP contribution in [-0.2, 0) is 23.8 Å². The van der Waals surface area contributed by atoms with Crippen LogP contribution in [0.4, 0.5) is 0 Å². The van der Waals surface area contributed by atoms with Crippen LogP contribution in [0.2, 0.25) is 0 Å². The van der Waals surface area contributed by atoms with Gasteiger partial charge in [-0.15, -0.1) is 0 Å². The van der Waals surface area contributed by atoms with Crippen LogP contribution in [0.25, 0.3) is 0 Å². The molecule has 1 aliphatic carbocycles. The molecule has 0 aromatic rings. The first-order chi connectivity index (χ1) is 13.6. The van der Waals surface area contributed by atoms with Crippen LogP contribution in [0.5, 0.6) is 0 Å². The number of carbonyl (C=O) groups excluding carboxylic acids is 2. The summed E-state index contributed by atoms with van der Waals surface area (Å²) in [6, 6.07) is 0. The number of nitrogens with zero attached hydrogens (tertiary/aromatic N) is 1. The number of hydrogen-bond acceptors (Lipinski definition) is 7. The van der Waals surface area contributed by atoms with Gasteiger partial charge in [-0.05, 0) is 44.4 Å². The smallest absolute Gasteiger partial charge is 0.320 e. The van der Waals surface area contributed by atoms with Crippen molar-refractivity contribution >= 4 is 11.9 Å². The molecule has 0 aromatic carbocycles. The lowest BCUT2D eigenvalue weighted by atomic mass is 9.65. The quantitative estimate of drug-likeness (QED) is 0.389. The highest BCUT2D eigenvalue weighted by molar-refractivity contribution is 5.75. The Hall–Kier alpha value is -1.44. The maximum Gasteiger partial charge on any atom is 0.320 e. The van der Waals surface area contributed by atoms with E-state index in [-0.39, 0.29) is 51.0 Å². The predicted molar refractivity (Wildman–Crippen MR) is 111 cm³/mol. The van der Waals surface area contributed by atoms with Crippen LogP contribution in [-0.4, -0.2) is 73.6 Å². The van der Waals surface area contributed by atoms with Gasteiger partial charge in [-0.1, -0.05) is 32.9 Å². The summed E-state index contributed by atoms with van der Waals surface area (Å²) in [5, 5.41) is 10.4. The molecule has 0 saturated heterocycles. The molecule has 1 rings (SSSR count). The molecule has 3 unspecified atom stereocenters. The number of esters is 2. The molecule has 3 atom stereocenters. The fourth-order valence-electron chi connectivity index (χ4n) is 3.65. The first-order valence-electron chi connectivity index (χ1n) is 10.6. The molecule has 168 valence electrons. The Morgan fingerprint density at radius 1 is 1.21 bits per heavy atom. The normalized spacial score (nSPS) is 23.3. The third kappa shape index (κ3) is 8.44. The lowest BCUT2D eigenvalue weighted by Gasteiger charge is -2.42. The topological polar surface area (TPSA) is 85.3 Å². The van der Waals surface area contributed by atoms with Crippen LogP contribution < -0.4 is 0 Å². The second-order valence-corrected chi connectivity index (χ2v) is 8.31. The molecule has 0 heterocycles. The number of aliphatic hydroxyl groups excluding tert-OH is 1. The maximum atomic E-state index is 11.8. The lowest BCUT2D eigenvalue weighted by Crippen LogP contribution is -2.42. The van der Waals surface area contributed by atoms with E-state index in [4.69, 9.17) is 14.2 Å². The molecule has 7 nitrogen and oxygen atoms in total. The van der Waals surface area contributed by atoms with E-state index in [0.29, 0.717) is 5.92 Å². The van der Waals surface area contributed by atoms with E-state index in [2.05, 4.69) is 27.4 Å². The molecular formula is C22H39NO6. The minimum absolute atomic E-state index is 0.0348. The summed E-state index contributed by atoms with van der Waals surface area (Å²) in [4.78, 5) is 25.1. The van der Waals surface area contributed by atoms with Crippen molar-refractivity contribution in [3.05, 3.63) is 12.2 Å². The summed E-state index contributed by atoms with van der Waals surface area (Å²) in [5.74, 6) is -0.358. The lowest BCUT2D eigenvalue weighted by molar-refractivity contribution is -0.149. The maximum absolute atomic E-state index is 11.8. The number of aliphatic hydroxyl groups is 1. The van der Waals surface area contributed by atoms with Crippen molar-refractivity contribution in [1.29, 1.82) is 0 Å². The Labute approximate surface area is 175 Å². The van der Waals surface area contributed by atoms with Gasteiger partial charge >= 0.3 is 11.9 Å². The van der Waals surface area contributed by atoms with E-state index in [1.807, 2.05) is 0 Å². The van der Waals surface area contributed by atoms with Crippen molar-refractivity contribution in [3.63, 3.8) is 0 Å². The summed E-state index contributed by atoms with van der Waals surface area (Å²) >= 11 is 0. The van der Waals surface area contributed by atoms with Gasteiger partial charge in [-0.2, -0.15) is 0 Å². The molecule has 1 fully saturated rings. The first kappa shape index (κ1) is 25.6. The third-order valence-corrected chi connectivity index (χ3v) is 5.85. The fraction of sp³-hybridized carbons (Fsp3) is 0.818. The molecule has 0 radical (unpaired) electrons. The molecule has 1 aliphatic rings. The molecule has 0 spiro atoms. The SMILES string of the molecule is C=C1CC(OCC(O)CN(CC(=O)OCC)CC(=O)OCC)CCC1(C)C(C)C. The molecule has 29 heavy (non-hydrogen) atoms. The average molecular weight is 414 g/mol. The van der Waals surface area contributed by atoms with Crippen molar-refractivity contribution in [2.45, 2.75) is 66.1 Å². The summed E-state index contributed by atoms with van der Waals surface area (Å²) < 4.78 is 15.8. The van der Waals surface area contributed by atoms with Crippen molar-refractivity contribution in [2.75, 3.05) is 39.5 Å². The van der Waals surface area contributed by atoms with Crippen molar-refractivity contribution in [1.82, 2.24) is 4.90 Å². The minimum atomic E-state index is -0.828. The van der Waals surface area contributed by atoms with Crippen LogP contribution in [0.1, 0.15) is 53.9 Å². The van der Waals surface area contributed by atoms with E-state index >= 15 is 0 Å². The monoisotopic (exact) mass is 413 g/mol. The van der Waals surface area contributed by atoms with Crippen LogP contribution >= 0.6 is 0 Å². The molecule has 0 aliphatic heterocycles. The second-order valence-electron chi connectivity index (χ2n) is 8.31. The van der Waals surface area contributed by atoms with Crippen molar-refractivity contribution < 1.29 is 28.9 Å². The molecule has 1 N–H and O–H groups in total. The predicted octanol–water partition coefficient (Wildman–Crippen LogP) is 2.56. The minimum Gasteiger partial charge on any atom is -0.465 e. The van der Waals surface area contributed by atoms with Gasteiger partial charge in [-0.25, -0.2) is 0 Å². The van der Waals surface area contributed by atoms with Gasteiger partial charge in [0.05, 0.1) is 45.1 Å². The van der Waals surface area contributed by atoms with E-state index in [0.717, 1.165) is 19.3 Å². The van der Waals surface area contributed by atoms with Gasteiger partial charge in [0.15, 0.2) is 0 Å². The summed E-state index contributed by atoms with van der Waals surface area (Å²) in [6.45, 7) is 15.0. The average Bonchev–Trinajstić information content (AvgIpc) is 2.62. The first-order valence-corrected chi connectivity index (χ1v) is 10.6. The van der Waals surface area contributed by atoms with Gasteiger partial charge in [0.25, 0.3) is 0 Å². The fourth-order valence-corrected chi connectivity index (χ4v) is 3.65. The van der Waals surface area contributed by atoms with Gasteiger partial charge in [0.1, 0.15) is 0 Å². The molecule has 0 amide bonds. The molecule has 0 bridgehead atoms. The molecular weight excluding hydrogens is 374 g/mol. The number of rotatable bonds is 12. The highest BCUT2D eigenvalue weighted by Gasteiger charge is 2.37. The Balaban J connectivity index is 2.53. The van der Waals surface area contributed by atoms with E-state index < -0.39 is 18.0 Å². The van der Waals surface area contributed by atoms with E-state index in [1.165, 1.54) is 10.5 Å². The van der Waals surface area contributed by atoms with Crippen molar-refractivity contribution in [2.24, 2.45) is 11.3 Å². The van der Waals surface area contributed by atoms with E-state index in [9.17, 15) is 14.7 Å². The van der Waals surface area contributed by atoms with Crippen molar-refractivity contribution in [3.8, 4) is 0 Å². The number of hydrogen-bond donors (Lipinski definition) is 1. The number of ether oxygens (including phenoxy) is 3. The highest BCUT2D eigenvalue weighted by atomic mass is 16.5. The van der Waals surface area contributed by atoms with Crippen LogP contribution in [0.3, 0.4) is 0 Å². The van der Waals surface area contributed by atoms with Gasteiger partial charge in [0.2, 0.25) is 0 Å². The largest absolute Gasteiger partial charge is 0.465 e. The van der Waals surface area contributed by atoms with Gasteiger partial charge in [0, 0.05) is 6.54 Å². The highest BCUT2D eigenvalue weighted by Crippen LogP contribution is 2.45.